The molecule has 1 aromatic carbocycles. The first kappa shape index (κ1) is 12.1. The van der Waals surface area contributed by atoms with E-state index in [0.717, 1.165) is 5.56 Å². The van der Waals surface area contributed by atoms with Gasteiger partial charge in [0.15, 0.2) is 0 Å². The molecule has 0 radical (unpaired) electrons. The SMILES string of the molecule is Nc1cccc(CS(=O)[O-])c1.[Na+]. The second kappa shape index (κ2) is 5.72. The van der Waals surface area contributed by atoms with Gasteiger partial charge < -0.3 is 10.3 Å². The molecule has 60 valence electrons. The summed E-state index contributed by atoms with van der Waals surface area (Å²) >= 11 is -2.03. The van der Waals surface area contributed by atoms with Gasteiger partial charge in [-0.1, -0.05) is 23.2 Å². The molecule has 0 fully saturated rings. The van der Waals surface area contributed by atoms with E-state index in [1.807, 2.05) is 0 Å². The predicted octanol–water partition coefficient (Wildman–Crippen LogP) is -2.35. The molecule has 12 heavy (non-hydrogen) atoms. The fraction of sp³-hybridized carbons (Fsp3) is 0.143. The molecule has 0 heterocycles. The van der Waals surface area contributed by atoms with Crippen LogP contribution in [0.1, 0.15) is 5.56 Å². The monoisotopic (exact) mass is 193 g/mol. The smallest absolute Gasteiger partial charge is 0.772 e. The van der Waals surface area contributed by atoms with Crippen LogP contribution in [0.15, 0.2) is 24.3 Å². The zero-order valence-electron chi connectivity index (χ0n) is 6.82. The zero-order chi connectivity index (χ0) is 8.27. The van der Waals surface area contributed by atoms with Crippen LogP contribution < -0.4 is 35.3 Å². The second-order valence-corrected chi connectivity index (χ2v) is 3.09. The fourth-order valence-corrected chi connectivity index (χ4v) is 1.27. The Hall–Kier alpha value is 0.130. The molecule has 3 nitrogen and oxygen atoms in total. The average molecular weight is 193 g/mol. The topological polar surface area (TPSA) is 66.2 Å². The van der Waals surface area contributed by atoms with Crippen molar-refractivity contribution in [1.29, 1.82) is 0 Å². The third kappa shape index (κ3) is 4.23. The molecule has 1 aromatic rings. The van der Waals surface area contributed by atoms with Crippen LogP contribution in [0.25, 0.3) is 0 Å². The molecule has 0 saturated heterocycles. The Labute approximate surface area is 95.9 Å². The van der Waals surface area contributed by atoms with Gasteiger partial charge in [0.25, 0.3) is 0 Å². The fourth-order valence-electron chi connectivity index (χ4n) is 0.819. The van der Waals surface area contributed by atoms with Crippen molar-refractivity contribution in [2.75, 3.05) is 5.73 Å². The van der Waals surface area contributed by atoms with Crippen LogP contribution in [0.4, 0.5) is 5.69 Å². The van der Waals surface area contributed by atoms with Gasteiger partial charge in [-0.3, -0.25) is 4.21 Å². The van der Waals surface area contributed by atoms with E-state index in [9.17, 15) is 8.76 Å². The summed E-state index contributed by atoms with van der Waals surface area (Å²) in [5, 5.41) is 0. The van der Waals surface area contributed by atoms with Crippen molar-refractivity contribution in [1.82, 2.24) is 0 Å². The average Bonchev–Trinajstić information content (AvgIpc) is 1.85. The molecule has 0 bridgehead atoms. The van der Waals surface area contributed by atoms with Crippen LogP contribution in [0, 0.1) is 0 Å². The van der Waals surface area contributed by atoms with Gasteiger partial charge in [-0.2, -0.15) is 0 Å². The van der Waals surface area contributed by atoms with Gasteiger partial charge in [-0.15, -0.1) is 0 Å². The van der Waals surface area contributed by atoms with Crippen molar-refractivity contribution < 1.29 is 38.3 Å². The van der Waals surface area contributed by atoms with Gasteiger partial charge >= 0.3 is 29.6 Å². The van der Waals surface area contributed by atoms with Crippen molar-refractivity contribution in [3.05, 3.63) is 29.8 Å². The normalized spacial score (nSPS) is 11.8. The van der Waals surface area contributed by atoms with Crippen molar-refractivity contribution in [2.45, 2.75) is 5.75 Å². The van der Waals surface area contributed by atoms with Crippen LogP contribution in [0.2, 0.25) is 0 Å². The third-order valence-electron chi connectivity index (χ3n) is 1.24. The maximum absolute atomic E-state index is 10.2. The zero-order valence-corrected chi connectivity index (χ0v) is 9.64. The molecule has 0 aromatic heterocycles. The molecule has 0 aliphatic carbocycles. The third-order valence-corrected chi connectivity index (χ3v) is 1.80. The molecular weight excluding hydrogens is 185 g/mol. The first-order chi connectivity index (χ1) is 5.18. The van der Waals surface area contributed by atoms with Gasteiger partial charge in [-0.25, -0.2) is 0 Å². The molecule has 0 aliphatic rings. The Bertz CT molecular complexity index is 280. The van der Waals surface area contributed by atoms with Crippen LogP contribution in [-0.4, -0.2) is 8.76 Å². The van der Waals surface area contributed by atoms with E-state index in [0.29, 0.717) is 5.69 Å². The Balaban J connectivity index is 0.00000121. The van der Waals surface area contributed by atoms with Crippen molar-refractivity contribution in [2.24, 2.45) is 0 Å². The van der Waals surface area contributed by atoms with Crippen LogP contribution >= 0.6 is 0 Å². The number of anilines is 1. The van der Waals surface area contributed by atoms with E-state index in [-0.39, 0.29) is 35.3 Å². The number of nitrogen functional groups attached to an aromatic ring is 1. The van der Waals surface area contributed by atoms with Gasteiger partial charge in [-0.05, 0) is 17.7 Å². The first-order valence-electron chi connectivity index (χ1n) is 3.09. The predicted molar refractivity (Wildman–Crippen MR) is 43.5 cm³/mol. The Morgan fingerprint density at radius 3 is 2.67 bits per heavy atom. The number of nitrogens with two attached hydrogens (primary N) is 1. The summed E-state index contributed by atoms with van der Waals surface area (Å²) < 4.78 is 20.5. The summed E-state index contributed by atoms with van der Waals surface area (Å²) in [7, 11) is 0. The van der Waals surface area contributed by atoms with Crippen LogP contribution in [0.3, 0.4) is 0 Å². The number of benzene rings is 1. The van der Waals surface area contributed by atoms with E-state index in [1.54, 1.807) is 24.3 Å². The second-order valence-electron chi connectivity index (χ2n) is 2.19. The number of hydrogen-bond donors (Lipinski definition) is 1. The minimum absolute atomic E-state index is 0. The van der Waals surface area contributed by atoms with Gasteiger partial charge in [0.05, 0.1) is 0 Å². The van der Waals surface area contributed by atoms with E-state index in [4.69, 9.17) is 5.73 Å². The molecule has 0 aliphatic heterocycles. The van der Waals surface area contributed by atoms with E-state index >= 15 is 0 Å². The summed E-state index contributed by atoms with van der Waals surface area (Å²) in [5.41, 5.74) is 6.74. The molecule has 0 spiro atoms. The number of rotatable bonds is 2. The van der Waals surface area contributed by atoms with Crippen LogP contribution in [-0.2, 0) is 16.8 Å². The van der Waals surface area contributed by atoms with Crippen molar-refractivity contribution in [3.8, 4) is 0 Å². The molecule has 0 saturated carbocycles. The first-order valence-corrected chi connectivity index (χ1v) is 4.33. The largest absolute Gasteiger partial charge is 1.00 e. The van der Waals surface area contributed by atoms with Gasteiger partial charge in [0.1, 0.15) is 0 Å². The minimum atomic E-state index is -2.03. The molecule has 2 N–H and O–H groups in total. The van der Waals surface area contributed by atoms with Gasteiger partial charge in [0.2, 0.25) is 0 Å². The van der Waals surface area contributed by atoms with Crippen molar-refractivity contribution >= 4 is 16.8 Å². The maximum atomic E-state index is 10.2. The Morgan fingerprint density at radius 1 is 1.50 bits per heavy atom. The quantitative estimate of drug-likeness (QED) is 0.325. The summed E-state index contributed by atoms with van der Waals surface area (Å²) in [6, 6.07) is 6.83. The molecule has 1 unspecified atom stereocenters. The molecule has 1 atom stereocenters. The van der Waals surface area contributed by atoms with E-state index in [2.05, 4.69) is 0 Å². The van der Waals surface area contributed by atoms with Crippen LogP contribution in [0.5, 0.6) is 0 Å². The minimum Gasteiger partial charge on any atom is -0.772 e. The summed E-state index contributed by atoms with van der Waals surface area (Å²) in [4.78, 5) is 0. The van der Waals surface area contributed by atoms with E-state index < -0.39 is 11.1 Å². The number of hydrogen-bond acceptors (Lipinski definition) is 3. The summed E-state index contributed by atoms with van der Waals surface area (Å²) in [6.07, 6.45) is 0. The van der Waals surface area contributed by atoms with Gasteiger partial charge in [0, 0.05) is 11.4 Å². The van der Waals surface area contributed by atoms with Crippen molar-refractivity contribution in [3.63, 3.8) is 0 Å². The summed E-state index contributed by atoms with van der Waals surface area (Å²) in [6.45, 7) is 0. The van der Waals surface area contributed by atoms with E-state index in [1.165, 1.54) is 0 Å². The summed E-state index contributed by atoms with van der Waals surface area (Å²) in [5.74, 6) is 0.0328. The Kier molecular flexibility index (Phi) is 5.78. The molecular formula is C7H8NNaO2S. The molecule has 5 heteroatoms. The molecule has 1 rings (SSSR count). The maximum Gasteiger partial charge on any atom is 1.00 e. The molecule has 0 amide bonds. The Morgan fingerprint density at radius 2 is 2.17 bits per heavy atom. The standard InChI is InChI=1S/C7H9NO2S.Na/c8-7-3-1-2-6(4-7)5-11(9)10;/h1-4H,5,8H2,(H,9,10);/q;+1/p-1.